The van der Waals surface area contributed by atoms with E-state index in [1.54, 1.807) is 19.2 Å². The van der Waals surface area contributed by atoms with Crippen molar-refractivity contribution in [2.24, 2.45) is 5.41 Å². The van der Waals surface area contributed by atoms with Crippen molar-refractivity contribution in [1.29, 1.82) is 5.26 Å². The second kappa shape index (κ2) is 10.5. The largest absolute Gasteiger partial charge is 0.413 e. The van der Waals surface area contributed by atoms with Crippen molar-refractivity contribution in [1.82, 2.24) is 25.0 Å². The number of alkyl halides is 3. The summed E-state index contributed by atoms with van der Waals surface area (Å²) in [7, 11) is 0. The van der Waals surface area contributed by atoms with Crippen LogP contribution >= 0.6 is 22.6 Å². The molecule has 1 fully saturated rings. The summed E-state index contributed by atoms with van der Waals surface area (Å²) >= 11 is 2.20. The van der Waals surface area contributed by atoms with Crippen LogP contribution in [-0.4, -0.2) is 37.7 Å². The molecule has 4 aromatic rings. The van der Waals surface area contributed by atoms with Gasteiger partial charge in [0.25, 0.3) is 0 Å². The minimum absolute atomic E-state index is 0.0492. The van der Waals surface area contributed by atoms with Crippen LogP contribution in [0.4, 0.5) is 23.2 Å². The molecule has 0 amide bonds. The fraction of sp³-hybridized carbons (Fsp3) is 0.414. The summed E-state index contributed by atoms with van der Waals surface area (Å²) in [6.45, 7) is 8.55. The van der Waals surface area contributed by atoms with Crippen molar-refractivity contribution in [3.8, 4) is 6.07 Å². The number of halogens is 5. The quantitative estimate of drug-likeness (QED) is 0.128. The monoisotopic (exact) mass is 677 g/mol. The molecule has 7 nitrogen and oxygen atoms in total. The first-order valence-corrected chi connectivity index (χ1v) is 14.2. The van der Waals surface area contributed by atoms with Gasteiger partial charge in [0, 0.05) is 33.3 Å². The first kappa shape index (κ1) is 29.2. The highest BCUT2D eigenvalue weighted by molar-refractivity contribution is 14.1. The molecule has 1 atom stereocenters. The summed E-state index contributed by atoms with van der Waals surface area (Å²) in [5.74, 6) is -1.19. The van der Waals surface area contributed by atoms with Gasteiger partial charge in [-0.05, 0) is 83.5 Å². The Labute approximate surface area is 248 Å². The van der Waals surface area contributed by atoms with Crippen LogP contribution in [0.15, 0.2) is 36.7 Å². The van der Waals surface area contributed by atoms with E-state index in [0.29, 0.717) is 41.2 Å². The average molecular weight is 677 g/mol. The van der Waals surface area contributed by atoms with Crippen molar-refractivity contribution in [3.63, 3.8) is 0 Å². The Morgan fingerprint density at radius 1 is 1.20 bits per heavy atom. The average Bonchev–Trinajstić information content (AvgIpc) is 3.57. The number of nitrogens with one attached hydrogen (secondary N) is 1. The van der Waals surface area contributed by atoms with Crippen molar-refractivity contribution < 1.29 is 17.6 Å². The van der Waals surface area contributed by atoms with E-state index in [2.05, 4.69) is 75.0 Å². The van der Waals surface area contributed by atoms with E-state index in [1.165, 1.54) is 12.3 Å². The third-order valence-electron chi connectivity index (χ3n) is 7.37. The molecule has 1 aromatic carbocycles. The molecule has 1 aliphatic carbocycles. The molecule has 41 heavy (non-hydrogen) atoms. The number of anilines is 1. The maximum absolute atomic E-state index is 13.9. The van der Waals surface area contributed by atoms with Crippen molar-refractivity contribution in [2.75, 3.05) is 11.9 Å². The summed E-state index contributed by atoms with van der Waals surface area (Å²) in [6, 6.07) is 8.95. The van der Waals surface area contributed by atoms with Gasteiger partial charge in [0.2, 0.25) is 5.95 Å². The first-order valence-electron chi connectivity index (χ1n) is 13.1. The highest BCUT2D eigenvalue weighted by Gasteiger charge is 2.66. The molecule has 3 heterocycles. The number of hydrogen-bond donors (Lipinski definition) is 1. The van der Waals surface area contributed by atoms with Crippen LogP contribution in [0.25, 0.3) is 10.9 Å². The molecule has 12 heteroatoms. The molecule has 5 rings (SSSR count). The number of aryl methyl sites for hydroxylation is 1. The van der Waals surface area contributed by atoms with E-state index in [4.69, 9.17) is 0 Å². The maximum Gasteiger partial charge on any atom is 0.413 e. The van der Waals surface area contributed by atoms with Gasteiger partial charge in [-0.2, -0.15) is 22.8 Å². The van der Waals surface area contributed by atoms with Gasteiger partial charge in [-0.3, -0.25) is 4.98 Å². The number of benzene rings is 1. The lowest BCUT2D eigenvalue weighted by atomic mass is 9.88. The third kappa shape index (κ3) is 5.73. The van der Waals surface area contributed by atoms with Crippen molar-refractivity contribution >= 4 is 39.2 Å². The number of nitriles is 1. The van der Waals surface area contributed by atoms with Crippen LogP contribution in [-0.2, 0) is 12.0 Å². The molecule has 3 aromatic heterocycles. The highest BCUT2D eigenvalue weighted by Crippen LogP contribution is 2.55. The van der Waals surface area contributed by atoms with Crippen molar-refractivity contribution in [3.05, 3.63) is 74.3 Å². The third-order valence-corrected chi connectivity index (χ3v) is 8.19. The Hall–Kier alpha value is -3.34. The van der Waals surface area contributed by atoms with Gasteiger partial charge in [-0.1, -0.05) is 32.1 Å². The molecule has 214 valence electrons. The van der Waals surface area contributed by atoms with Crippen LogP contribution in [0.1, 0.15) is 67.6 Å². The Morgan fingerprint density at radius 3 is 2.54 bits per heavy atom. The van der Waals surface area contributed by atoms with Crippen LogP contribution in [0.3, 0.4) is 0 Å². The van der Waals surface area contributed by atoms with E-state index in [-0.39, 0.29) is 18.3 Å². The summed E-state index contributed by atoms with van der Waals surface area (Å²) in [4.78, 5) is 8.48. The minimum atomic E-state index is -4.45. The van der Waals surface area contributed by atoms with Gasteiger partial charge in [0.15, 0.2) is 5.54 Å². The lowest BCUT2D eigenvalue weighted by molar-refractivity contribution is -0.182. The molecule has 0 saturated heterocycles. The van der Waals surface area contributed by atoms with E-state index in [0.717, 1.165) is 24.7 Å². The lowest BCUT2D eigenvalue weighted by Gasteiger charge is -2.22. The normalized spacial score (nSPS) is 15.5. The first-order chi connectivity index (χ1) is 19.2. The van der Waals surface area contributed by atoms with Gasteiger partial charge >= 0.3 is 6.18 Å². The molecule has 0 spiro atoms. The van der Waals surface area contributed by atoms with E-state index >= 15 is 0 Å². The predicted octanol–water partition coefficient (Wildman–Crippen LogP) is 7.03. The number of hydrogen-bond acceptors (Lipinski definition) is 6. The van der Waals surface area contributed by atoms with Crippen LogP contribution in [0.2, 0.25) is 0 Å². The zero-order valence-electron chi connectivity index (χ0n) is 22.9. The fourth-order valence-electron chi connectivity index (χ4n) is 4.99. The number of rotatable bonds is 7. The highest BCUT2D eigenvalue weighted by atomic mass is 127. The van der Waals surface area contributed by atoms with Gasteiger partial charge in [0.05, 0.1) is 28.7 Å². The van der Waals surface area contributed by atoms with E-state index < -0.39 is 23.6 Å². The summed E-state index contributed by atoms with van der Waals surface area (Å²) in [5.41, 5.74) is 1.97. The summed E-state index contributed by atoms with van der Waals surface area (Å²) in [5, 5.41) is 22.1. The van der Waals surface area contributed by atoms with Crippen LogP contribution in [0, 0.1) is 33.2 Å². The van der Waals surface area contributed by atoms with Crippen molar-refractivity contribution in [2.45, 2.75) is 64.6 Å². The smallest absolute Gasteiger partial charge is 0.383 e. The second-order valence-electron chi connectivity index (χ2n) is 11.7. The predicted molar refractivity (Wildman–Crippen MR) is 155 cm³/mol. The zero-order valence-corrected chi connectivity index (χ0v) is 25.1. The Kier molecular flexibility index (Phi) is 7.46. The fourth-order valence-corrected chi connectivity index (χ4v) is 5.82. The maximum atomic E-state index is 13.9. The molecule has 0 aliphatic heterocycles. The SMILES string of the molecule is Cc1nc(F)ccc1[C@H](Cc1cc(I)c2ncc(C#N)c(NCC(C)(C)C)c2c1)c1cn(C2(C(F)(F)F)CC2)nn1. The molecule has 1 N–H and O–H groups in total. The standard InChI is InChI=1S/C29H28F4IN7/c1-16-19(5-6-24(30)38-16)20(23-14-41(40-39-23)28(7-8-28)29(31,32)33)9-17-10-21-25(37-15-27(2,3)4)18(12-35)13-36-26(21)22(34)11-17/h5-6,10-11,13-14,20H,7-9,15H2,1-4H3,(H,36,37)/t20-/m0/s1. The molecule has 1 saturated carbocycles. The number of fused-ring (bicyclic) bond motifs is 1. The molecular formula is C29H28F4IN7. The minimum Gasteiger partial charge on any atom is -0.383 e. The Morgan fingerprint density at radius 2 is 1.93 bits per heavy atom. The lowest BCUT2D eigenvalue weighted by Crippen LogP contribution is -2.35. The van der Waals surface area contributed by atoms with Gasteiger partial charge in [-0.15, -0.1) is 5.10 Å². The Bertz CT molecular complexity index is 1660. The number of pyridine rings is 2. The van der Waals surface area contributed by atoms with Crippen LogP contribution in [0.5, 0.6) is 0 Å². The molecule has 0 unspecified atom stereocenters. The molecule has 0 bridgehead atoms. The number of aromatic nitrogens is 5. The van der Waals surface area contributed by atoms with Gasteiger partial charge in [0.1, 0.15) is 6.07 Å². The summed E-state index contributed by atoms with van der Waals surface area (Å²) in [6.07, 6.45) is -1.32. The summed E-state index contributed by atoms with van der Waals surface area (Å²) < 4.78 is 57.2. The van der Waals surface area contributed by atoms with E-state index in [9.17, 15) is 22.8 Å². The molecule has 1 aliphatic rings. The number of nitrogens with zero attached hydrogens (tertiary/aromatic N) is 6. The zero-order chi connectivity index (χ0) is 29.7. The van der Waals surface area contributed by atoms with E-state index in [1.807, 2.05) is 12.1 Å². The molecular weight excluding hydrogens is 649 g/mol. The van der Waals surface area contributed by atoms with Crippen LogP contribution < -0.4 is 5.32 Å². The second-order valence-corrected chi connectivity index (χ2v) is 12.9. The molecule has 0 radical (unpaired) electrons. The van der Waals surface area contributed by atoms with Gasteiger partial charge < -0.3 is 5.32 Å². The Balaban J connectivity index is 1.61. The van der Waals surface area contributed by atoms with Gasteiger partial charge in [-0.25, -0.2) is 9.67 Å². The topological polar surface area (TPSA) is 92.3 Å².